The summed E-state index contributed by atoms with van der Waals surface area (Å²) in [4.78, 5) is 13.9. The van der Waals surface area contributed by atoms with Gasteiger partial charge in [0, 0.05) is 17.6 Å². The van der Waals surface area contributed by atoms with Crippen molar-refractivity contribution in [2.24, 2.45) is 0 Å². The van der Waals surface area contributed by atoms with E-state index in [4.69, 9.17) is 11.6 Å². The molecule has 92 valence electrons. The Morgan fingerprint density at radius 1 is 1.53 bits per heavy atom. The maximum absolute atomic E-state index is 12.9. The number of carbonyl (C=O) groups is 1. The molecule has 1 aromatic rings. The zero-order valence-corrected chi connectivity index (χ0v) is 11.5. The third-order valence-electron chi connectivity index (χ3n) is 2.81. The van der Waals surface area contributed by atoms with E-state index in [9.17, 15) is 9.18 Å². The summed E-state index contributed by atoms with van der Waals surface area (Å²) in [5.41, 5.74) is 0.483. The minimum absolute atomic E-state index is 0.0203. The highest BCUT2D eigenvalue weighted by molar-refractivity contribution is 9.10. The van der Waals surface area contributed by atoms with Gasteiger partial charge in [0.25, 0.3) is 5.91 Å². The summed E-state index contributed by atoms with van der Waals surface area (Å²) in [5, 5.41) is 0.0203. The number of halogens is 3. The van der Waals surface area contributed by atoms with Crippen molar-refractivity contribution in [3.05, 3.63) is 34.1 Å². The van der Waals surface area contributed by atoms with E-state index in [1.165, 1.54) is 18.2 Å². The lowest BCUT2D eigenvalue weighted by Crippen LogP contribution is -2.40. The molecule has 0 bridgehead atoms. The lowest BCUT2D eigenvalue weighted by molar-refractivity contribution is 0.0726. The van der Waals surface area contributed by atoms with Gasteiger partial charge in [-0.15, -0.1) is 11.6 Å². The average molecular weight is 321 g/mol. The van der Waals surface area contributed by atoms with Gasteiger partial charge in [0.2, 0.25) is 0 Å². The second-order valence-corrected chi connectivity index (χ2v) is 5.59. The van der Waals surface area contributed by atoms with Crippen LogP contribution in [0.5, 0.6) is 0 Å². The maximum Gasteiger partial charge on any atom is 0.255 e. The van der Waals surface area contributed by atoms with Crippen molar-refractivity contribution in [1.82, 2.24) is 4.90 Å². The molecule has 1 heterocycles. The summed E-state index contributed by atoms with van der Waals surface area (Å²) < 4.78 is 13.4. The van der Waals surface area contributed by atoms with Crippen molar-refractivity contribution in [2.75, 3.05) is 13.1 Å². The molecule has 1 atom stereocenters. The van der Waals surface area contributed by atoms with Crippen LogP contribution in [0.15, 0.2) is 22.7 Å². The molecular formula is C12H12BrClFNO. The van der Waals surface area contributed by atoms with Gasteiger partial charge in [0.1, 0.15) is 5.82 Å². The second-order valence-electron chi connectivity index (χ2n) is 4.11. The minimum atomic E-state index is -0.359. The normalized spacial score (nSPS) is 20.4. The first-order valence-electron chi connectivity index (χ1n) is 5.46. The third-order valence-corrected chi connectivity index (χ3v) is 3.82. The predicted molar refractivity (Wildman–Crippen MR) is 68.9 cm³/mol. The van der Waals surface area contributed by atoms with Gasteiger partial charge in [-0.1, -0.05) is 0 Å². The molecule has 17 heavy (non-hydrogen) atoms. The van der Waals surface area contributed by atoms with Crippen LogP contribution in [0.3, 0.4) is 0 Å². The number of alkyl halides is 1. The number of benzene rings is 1. The Labute approximate surface area is 113 Å². The maximum atomic E-state index is 12.9. The molecular weight excluding hydrogens is 308 g/mol. The predicted octanol–water partition coefficient (Wildman–Crippen LogP) is 3.43. The quantitative estimate of drug-likeness (QED) is 0.726. The summed E-state index contributed by atoms with van der Waals surface area (Å²) in [6.45, 7) is 1.27. The molecule has 0 aromatic heterocycles. The lowest BCUT2D eigenvalue weighted by atomic mass is 10.1. The fourth-order valence-corrected chi connectivity index (χ4v) is 2.78. The van der Waals surface area contributed by atoms with Crippen LogP contribution in [-0.2, 0) is 0 Å². The lowest BCUT2D eigenvalue weighted by Gasteiger charge is -2.30. The number of nitrogens with zero attached hydrogens (tertiary/aromatic N) is 1. The first kappa shape index (κ1) is 12.8. The molecule has 1 aromatic carbocycles. The van der Waals surface area contributed by atoms with Gasteiger partial charge in [0.05, 0.1) is 10.9 Å². The van der Waals surface area contributed by atoms with Crippen LogP contribution < -0.4 is 0 Å². The topological polar surface area (TPSA) is 20.3 Å². The number of carbonyl (C=O) groups excluding carboxylic acids is 1. The number of rotatable bonds is 1. The van der Waals surface area contributed by atoms with Crippen LogP contribution in [0.1, 0.15) is 23.2 Å². The van der Waals surface area contributed by atoms with Crippen molar-refractivity contribution < 1.29 is 9.18 Å². The summed E-state index contributed by atoms with van der Waals surface area (Å²) >= 11 is 9.25. The first-order valence-corrected chi connectivity index (χ1v) is 6.69. The Morgan fingerprint density at radius 2 is 2.29 bits per heavy atom. The van der Waals surface area contributed by atoms with Crippen molar-refractivity contribution in [1.29, 1.82) is 0 Å². The van der Waals surface area contributed by atoms with Gasteiger partial charge < -0.3 is 4.90 Å². The molecule has 0 radical (unpaired) electrons. The Bertz CT molecular complexity index is 441. The molecule has 1 amide bonds. The largest absolute Gasteiger partial charge is 0.337 e. The van der Waals surface area contributed by atoms with Gasteiger partial charge in [0.15, 0.2) is 0 Å². The molecule has 1 fully saturated rings. The van der Waals surface area contributed by atoms with Gasteiger partial charge >= 0.3 is 0 Å². The number of amides is 1. The first-order chi connectivity index (χ1) is 8.08. The Balaban J connectivity index is 2.18. The SMILES string of the molecule is O=C(c1ccc(F)cc1Br)N1CCCC(Cl)C1. The van der Waals surface area contributed by atoms with E-state index < -0.39 is 0 Å². The van der Waals surface area contributed by atoms with Crippen molar-refractivity contribution in [3.8, 4) is 0 Å². The second kappa shape index (κ2) is 5.36. The minimum Gasteiger partial charge on any atom is -0.337 e. The van der Waals surface area contributed by atoms with Crippen molar-refractivity contribution in [2.45, 2.75) is 18.2 Å². The summed E-state index contributed by atoms with van der Waals surface area (Å²) in [5.74, 6) is -0.454. The van der Waals surface area contributed by atoms with E-state index in [0.717, 1.165) is 12.8 Å². The third kappa shape index (κ3) is 2.99. The smallest absolute Gasteiger partial charge is 0.255 e. The van der Waals surface area contributed by atoms with E-state index >= 15 is 0 Å². The molecule has 0 aliphatic carbocycles. The van der Waals surface area contributed by atoms with E-state index in [-0.39, 0.29) is 17.1 Å². The number of hydrogen-bond acceptors (Lipinski definition) is 1. The average Bonchev–Trinajstić information content (AvgIpc) is 2.28. The molecule has 1 aliphatic heterocycles. The highest BCUT2D eigenvalue weighted by atomic mass is 79.9. The summed E-state index contributed by atoms with van der Waals surface area (Å²) in [6, 6.07) is 4.09. The Hall–Kier alpha value is -0.610. The number of hydrogen-bond donors (Lipinski definition) is 0. The van der Waals surface area contributed by atoms with Crippen LogP contribution in [0.25, 0.3) is 0 Å². The van der Waals surface area contributed by atoms with E-state index in [2.05, 4.69) is 15.9 Å². The standard InChI is InChI=1S/C12H12BrClFNO/c13-11-6-9(15)3-4-10(11)12(17)16-5-1-2-8(14)7-16/h3-4,6,8H,1-2,5,7H2. The van der Waals surface area contributed by atoms with Crippen LogP contribution in [-0.4, -0.2) is 29.3 Å². The van der Waals surface area contributed by atoms with E-state index in [1.807, 2.05) is 0 Å². The highest BCUT2D eigenvalue weighted by Gasteiger charge is 2.24. The molecule has 2 rings (SSSR count). The van der Waals surface area contributed by atoms with Gasteiger partial charge in [-0.2, -0.15) is 0 Å². The molecule has 0 N–H and O–H groups in total. The van der Waals surface area contributed by atoms with Gasteiger partial charge in [-0.25, -0.2) is 4.39 Å². The zero-order chi connectivity index (χ0) is 12.4. The molecule has 5 heteroatoms. The molecule has 1 aliphatic rings. The molecule has 0 saturated carbocycles. The number of likely N-dealkylation sites (tertiary alicyclic amines) is 1. The highest BCUT2D eigenvalue weighted by Crippen LogP contribution is 2.22. The van der Waals surface area contributed by atoms with Crippen LogP contribution in [0.2, 0.25) is 0 Å². The van der Waals surface area contributed by atoms with E-state index in [0.29, 0.717) is 23.1 Å². The monoisotopic (exact) mass is 319 g/mol. The van der Waals surface area contributed by atoms with Crippen molar-refractivity contribution >= 4 is 33.4 Å². The summed E-state index contributed by atoms with van der Waals surface area (Å²) in [7, 11) is 0. The fourth-order valence-electron chi connectivity index (χ4n) is 1.94. The van der Waals surface area contributed by atoms with Crippen LogP contribution in [0.4, 0.5) is 4.39 Å². The molecule has 1 saturated heterocycles. The molecule has 2 nitrogen and oxygen atoms in total. The van der Waals surface area contributed by atoms with Crippen LogP contribution in [0, 0.1) is 5.82 Å². The van der Waals surface area contributed by atoms with Gasteiger partial charge in [-0.3, -0.25) is 4.79 Å². The van der Waals surface area contributed by atoms with Gasteiger partial charge in [-0.05, 0) is 47.0 Å². The Kier molecular flexibility index (Phi) is 4.05. The zero-order valence-electron chi connectivity index (χ0n) is 9.13. The van der Waals surface area contributed by atoms with Crippen molar-refractivity contribution in [3.63, 3.8) is 0 Å². The molecule has 0 spiro atoms. The summed E-state index contributed by atoms with van der Waals surface area (Å²) in [6.07, 6.45) is 1.86. The number of piperidine rings is 1. The fraction of sp³-hybridized carbons (Fsp3) is 0.417. The molecule has 1 unspecified atom stereocenters. The Morgan fingerprint density at radius 3 is 2.94 bits per heavy atom. The van der Waals surface area contributed by atoms with E-state index in [1.54, 1.807) is 4.90 Å². The van der Waals surface area contributed by atoms with Crippen LogP contribution >= 0.6 is 27.5 Å².